The Morgan fingerprint density at radius 2 is 2.50 bits per heavy atom. The predicted octanol–water partition coefficient (Wildman–Crippen LogP) is -0.723. The summed E-state index contributed by atoms with van der Waals surface area (Å²) in [6.07, 6.45) is 1.04. The Kier molecular flexibility index (Phi) is 2.50. The Morgan fingerprint density at radius 1 is 1.70 bits per heavy atom. The molecule has 0 bridgehead atoms. The molecule has 3 N–H and O–H groups in total. The van der Waals surface area contributed by atoms with Crippen molar-refractivity contribution in [2.45, 2.75) is 12.5 Å². The SMILES string of the molecule is CNC(=O)N[C@@H]1CCNC1. The monoisotopic (exact) mass is 143 g/mol. The van der Waals surface area contributed by atoms with Crippen LogP contribution in [0.2, 0.25) is 0 Å². The molecule has 1 saturated heterocycles. The largest absolute Gasteiger partial charge is 0.341 e. The van der Waals surface area contributed by atoms with Crippen molar-refractivity contribution in [3.05, 3.63) is 0 Å². The Balaban J connectivity index is 2.17. The van der Waals surface area contributed by atoms with Gasteiger partial charge in [0.15, 0.2) is 0 Å². The van der Waals surface area contributed by atoms with Crippen molar-refractivity contribution < 1.29 is 4.79 Å². The molecule has 0 aromatic carbocycles. The van der Waals surface area contributed by atoms with Crippen LogP contribution < -0.4 is 16.0 Å². The van der Waals surface area contributed by atoms with Crippen LogP contribution in [0.15, 0.2) is 0 Å². The first kappa shape index (κ1) is 7.34. The standard InChI is InChI=1S/C6H13N3O/c1-7-6(10)9-5-2-3-8-4-5/h5,8H,2-4H2,1H3,(H2,7,9,10)/t5-/m1/s1. The minimum absolute atomic E-state index is 0.0892. The van der Waals surface area contributed by atoms with Crippen molar-refractivity contribution in [2.24, 2.45) is 0 Å². The van der Waals surface area contributed by atoms with Crippen LogP contribution in [-0.4, -0.2) is 32.2 Å². The van der Waals surface area contributed by atoms with E-state index in [2.05, 4.69) is 16.0 Å². The molecule has 10 heavy (non-hydrogen) atoms. The zero-order valence-electron chi connectivity index (χ0n) is 6.11. The second kappa shape index (κ2) is 3.41. The predicted molar refractivity (Wildman–Crippen MR) is 38.9 cm³/mol. The van der Waals surface area contributed by atoms with E-state index in [4.69, 9.17) is 0 Å². The Morgan fingerprint density at radius 3 is 3.00 bits per heavy atom. The highest BCUT2D eigenvalue weighted by Crippen LogP contribution is 1.95. The number of urea groups is 1. The summed E-state index contributed by atoms with van der Waals surface area (Å²) in [6.45, 7) is 1.90. The zero-order valence-corrected chi connectivity index (χ0v) is 6.11. The summed E-state index contributed by atoms with van der Waals surface area (Å²) < 4.78 is 0. The normalized spacial score (nSPS) is 24.3. The summed E-state index contributed by atoms with van der Waals surface area (Å²) in [5, 5.41) is 8.49. The van der Waals surface area contributed by atoms with E-state index in [9.17, 15) is 4.79 Å². The average Bonchev–Trinajstić information content (AvgIpc) is 2.40. The highest BCUT2D eigenvalue weighted by atomic mass is 16.2. The lowest BCUT2D eigenvalue weighted by Gasteiger charge is -2.09. The minimum atomic E-state index is -0.0892. The van der Waals surface area contributed by atoms with Crippen LogP contribution in [0.25, 0.3) is 0 Å². The molecule has 4 nitrogen and oxygen atoms in total. The van der Waals surface area contributed by atoms with Gasteiger partial charge in [-0.3, -0.25) is 0 Å². The van der Waals surface area contributed by atoms with Crippen LogP contribution in [0.4, 0.5) is 4.79 Å². The highest BCUT2D eigenvalue weighted by molar-refractivity contribution is 5.73. The Bertz CT molecular complexity index is 120. The quantitative estimate of drug-likeness (QED) is 0.453. The maximum absolute atomic E-state index is 10.7. The first-order valence-electron chi connectivity index (χ1n) is 3.52. The summed E-state index contributed by atoms with van der Waals surface area (Å²) in [4.78, 5) is 10.7. The second-order valence-corrected chi connectivity index (χ2v) is 2.41. The van der Waals surface area contributed by atoms with E-state index < -0.39 is 0 Å². The van der Waals surface area contributed by atoms with E-state index in [-0.39, 0.29) is 6.03 Å². The maximum atomic E-state index is 10.7. The van der Waals surface area contributed by atoms with E-state index in [0.717, 1.165) is 19.5 Å². The second-order valence-electron chi connectivity index (χ2n) is 2.41. The molecule has 1 aliphatic heterocycles. The molecule has 58 valence electrons. The molecular formula is C6H13N3O. The van der Waals surface area contributed by atoms with Gasteiger partial charge >= 0.3 is 6.03 Å². The minimum Gasteiger partial charge on any atom is -0.341 e. The molecule has 4 heteroatoms. The summed E-state index contributed by atoms with van der Waals surface area (Å²) in [7, 11) is 1.62. The van der Waals surface area contributed by atoms with Gasteiger partial charge in [-0.2, -0.15) is 0 Å². The first-order chi connectivity index (χ1) is 4.83. The number of hydrogen-bond acceptors (Lipinski definition) is 2. The molecule has 0 aromatic rings. The first-order valence-corrected chi connectivity index (χ1v) is 3.52. The number of rotatable bonds is 1. The van der Waals surface area contributed by atoms with Crippen LogP contribution in [0.5, 0.6) is 0 Å². The summed E-state index contributed by atoms with van der Waals surface area (Å²) in [6, 6.07) is 0.230. The molecule has 0 aromatic heterocycles. The Labute approximate surface area is 60.4 Å². The number of carbonyl (C=O) groups excluding carboxylic acids is 1. The van der Waals surface area contributed by atoms with Crippen molar-refractivity contribution in [3.8, 4) is 0 Å². The van der Waals surface area contributed by atoms with E-state index in [1.54, 1.807) is 7.05 Å². The fraction of sp³-hybridized carbons (Fsp3) is 0.833. The third-order valence-electron chi connectivity index (χ3n) is 1.62. The fourth-order valence-corrected chi connectivity index (χ4v) is 1.04. The molecule has 0 saturated carbocycles. The van der Waals surface area contributed by atoms with Crippen molar-refractivity contribution in [3.63, 3.8) is 0 Å². The lowest BCUT2D eigenvalue weighted by molar-refractivity contribution is 0.240. The van der Waals surface area contributed by atoms with Crippen molar-refractivity contribution in [2.75, 3.05) is 20.1 Å². The van der Waals surface area contributed by atoms with Gasteiger partial charge in [0.25, 0.3) is 0 Å². The van der Waals surface area contributed by atoms with E-state index >= 15 is 0 Å². The van der Waals surface area contributed by atoms with Crippen LogP contribution >= 0.6 is 0 Å². The van der Waals surface area contributed by atoms with Crippen molar-refractivity contribution in [1.82, 2.24) is 16.0 Å². The highest BCUT2D eigenvalue weighted by Gasteiger charge is 2.14. The maximum Gasteiger partial charge on any atom is 0.314 e. The van der Waals surface area contributed by atoms with Crippen LogP contribution in [0.3, 0.4) is 0 Å². The molecule has 0 radical (unpaired) electrons. The van der Waals surface area contributed by atoms with Gasteiger partial charge in [0.05, 0.1) is 0 Å². The molecule has 1 atom stereocenters. The molecule has 1 aliphatic rings. The van der Waals surface area contributed by atoms with Crippen LogP contribution in [0.1, 0.15) is 6.42 Å². The summed E-state index contributed by atoms with van der Waals surface area (Å²) in [5.74, 6) is 0. The molecule has 0 spiro atoms. The van der Waals surface area contributed by atoms with E-state index in [1.165, 1.54) is 0 Å². The van der Waals surface area contributed by atoms with Gasteiger partial charge in [-0.25, -0.2) is 4.79 Å². The number of amides is 2. The van der Waals surface area contributed by atoms with Crippen LogP contribution in [-0.2, 0) is 0 Å². The van der Waals surface area contributed by atoms with Crippen molar-refractivity contribution in [1.29, 1.82) is 0 Å². The van der Waals surface area contributed by atoms with Gasteiger partial charge in [0, 0.05) is 19.6 Å². The topological polar surface area (TPSA) is 53.2 Å². The number of nitrogens with one attached hydrogen (secondary N) is 3. The molecule has 1 rings (SSSR count). The average molecular weight is 143 g/mol. The smallest absolute Gasteiger partial charge is 0.314 e. The van der Waals surface area contributed by atoms with E-state index in [0.29, 0.717) is 6.04 Å². The molecule has 1 heterocycles. The fourth-order valence-electron chi connectivity index (χ4n) is 1.04. The number of carbonyl (C=O) groups is 1. The Hall–Kier alpha value is -0.770. The summed E-state index contributed by atoms with van der Waals surface area (Å²) in [5.41, 5.74) is 0. The third-order valence-corrected chi connectivity index (χ3v) is 1.62. The zero-order chi connectivity index (χ0) is 7.40. The summed E-state index contributed by atoms with van der Waals surface area (Å²) >= 11 is 0. The molecule has 2 amide bonds. The van der Waals surface area contributed by atoms with Gasteiger partial charge in [-0.1, -0.05) is 0 Å². The number of hydrogen-bond donors (Lipinski definition) is 3. The lowest BCUT2D eigenvalue weighted by Crippen LogP contribution is -2.41. The van der Waals surface area contributed by atoms with Crippen molar-refractivity contribution >= 4 is 6.03 Å². The molecule has 1 fully saturated rings. The van der Waals surface area contributed by atoms with E-state index in [1.807, 2.05) is 0 Å². The molecular weight excluding hydrogens is 130 g/mol. The lowest BCUT2D eigenvalue weighted by atomic mass is 10.3. The van der Waals surface area contributed by atoms with Gasteiger partial charge in [0.2, 0.25) is 0 Å². The van der Waals surface area contributed by atoms with Gasteiger partial charge in [-0.05, 0) is 13.0 Å². The van der Waals surface area contributed by atoms with Gasteiger partial charge in [0.1, 0.15) is 0 Å². The van der Waals surface area contributed by atoms with Gasteiger partial charge in [-0.15, -0.1) is 0 Å². The van der Waals surface area contributed by atoms with Crippen LogP contribution in [0, 0.1) is 0 Å². The van der Waals surface area contributed by atoms with Gasteiger partial charge < -0.3 is 16.0 Å². The third kappa shape index (κ3) is 1.88. The molecule has 0 aliphatic carbocycles. The molecule has 0 unspecified atom stereocenters.